The van der Waals surface area contributed by atoms with Crippen molar-refractivity contribution in [2.24, 2.45) is 5.92 Å². The van der Waals surface area contributed by atoms with Gasteiger partial charge in [0.25, 0.3) is 0 Å². The van der Waals surface area contributed by atoms with Crippen molar-refractivity contribution in [3.63, 3.8) is 0 Å². The Labute approximate surface area is 594 Å². The molecule has 0 heterocycles. The van der Waals surface area contributed by atoms with Gasteiger partial charge in [-0.2, -0.15) is 0 Å². The molecule has 0 amide bonds. The second kappa shape index (κ2) is 71.1. The first kappa shape index (κ1) is 95.1. The van der Waals surface area contributed by atoms with Gasteiger partial charge in [0, 0.05) is 25.7 Å². The molecule has 0 fully saturated rings. The van der Waals surface area contributed by atoms with Crippen molar-refractivity contribution >= 4 is 39.5 Å². The van der Waals surface area contributed by atoms with E-state index in [1.54, 1.807) is 0 Å². The van der Waals surface area contributed by atoms with Crippen LogP contribution in [0.2, 0.25) is 0 Å². The van der Waals surface area contributed by atoms with E-state index in [1.165, 1.54) is 231 Å². The molecule has 0 bridgehead atoms. The van der Waals surface area contributed by atoms with Gasteiger partial charge in [-0.15, -0.1) is 0 Å². The SMILES string of the molecule is CCCCCCCCCCCCCCCCCCCCCCCCC(=O)O[C@H](COC(=O)CCCCCCCCCCCCCCCCCCCC)COP(=O)(O)OC[C@@H](O)COP(=O)(O)OC[C@@H](COC(=O)CCCCCCC)OC(=O)CCCCCCCCCCCC(C)C. The predicted octanol–water partition coefficient (Wildman–Crippen LogP) is 23.3. The third-order valence-corrected chi connectivity index (χ3v) is 20.2. The second-order valence-corrected chi connectivity index (χ2v) is 31.5. The van der Waals surface area contributed by atoms with Crippen LogP contribution in [0.5, 0.6) is 0 Å². The summed E-state index contributed by atoms with van der Waals surface area (Å²) in [5, 5.41) is 10.6. The van der Waals surface area contributed by atoms with Crippen molar-refractivity contribution in [3.8, 4) is 0 Å². The van der Waals surface area contributed by atoms with E-state index in [1.807, 2.05) is 0 Å². The molecule has 5 atom stereocenters. The molecule has 2 unspecified atom stereocenters. The summed E-state index contributed by atoms with van der Waals surface area (Å²) in [6, 6.07) is 0. The zero-order chi connectivity index (χ0) is 71.2. The molecule has 97 heavy (non-hydrogen) atoms. The minimum atomic E-state index is -4.96. The summed E-state index contributed by atoms with van der Waals surface area (Å²) in [5.74, 6) is -1.39. The zero-order valence-corrected chi connectivity index (χ0v) is 65.0. The topological polar surface area (TPSA) is 237 Å². The summed E-state index contributed by atoms with van der Waals surface area (Å²) >= 11 is 0. The normalized spacial score (nSPS) is 13.9. The van der Waals surface area contributed by atoms with Crippen LogP contribution in [0.1, 0.15) is 413 Å². The Bertz CT molecular complexity index is 1860. The van der Waals surface area contributed by atoms with Crippen molar-refractivity contribution in [2.45, 2.75) is 432 Å². The van der Waals surface area contributed by atoms with Gasteiger partial charge in [0.15, 0.2) is 12.2 Å². The zero-order valence-electron chi connectivity index (χ0n) is 63.2. The van der Waals surface area contributed by atoms with Gasteiger partial charge in [-0.05, 0) is 31.6 Å². The maximum Gasteiger partial charge on any atom is 0.472 e. The number of phosphoric acid groups is 2. The number of ether oxygens (including phenoxy) is 4. The molecule has 0 aromatic rings. The number of carbonyl (C=O) groups excluding carboxylic acids is 4. The smallest absolute Gasteiger partial charge is 0.462 e. The highest BCUT2D eigenvalue weighted by atomic mass is 31.2. The summed E-state index contributed by atoms with van der Waals surface area (Å²) in [7, 11) is -9.90. The van der Waals surface area contributed by atoms with E-state index in [-0.39, 0.29) is 25.7 Å². The Morgan fingerprint density at radius 2 is 0.474 bits per heavy atom. The monoisotopic (exact) mass is 1420 g/mol. The lowest BCUT2D eigenvalue weighted by atomic mass is 10.0. The molecule has 0 saturated heterocycles. The number of phosphoric ester groups is 2. The highest BCUT2D eigenvalue weighted by molar-refractivity contribution is 7.47. The number of hydrogen-bond donors (Lipinski definition) is 3. The standard InChI is InChI=1S/C78H152O17P2/c1-6-9-12-15-17-19-21-23-25-27-29-30-31-32-34-36-38-40-44-48-53-58-63-77(82)95-74(68-89-76(81)62-57-52-47-43-39-37-35-33-28-26-24-22-20-18-16-13-10-7-2)70-93-97(86,87)91-66-72(79)65-90-96(84,85)92-69-73(67-88-75(80)61-56-50-14-11-8-3)94-78(83)64-59-54-49-45-41-42-46-51-55-60-71(4)5/h71-74,79H,6-70H2,1-5H3,(H,84,85)(H,86,87)/t72-,73+,74+/m0/s1. The Kier molecular flexibility index (Phi) is 69.6. The van der Waals surface area contributed by atoms with E-state index in [0.717, 1.165) is 102 Å². The van der Waals surface area contributed by atoms with Crippen LogP contribution in [0.3, 0.4) is 0 Å². The third kappa shape index (κ3) is 72.2. The van der Waals surface area contributed by atoms with Crippen LogP contribution in [-0.2, 0) is 65.4 Å². The summed E-state index contributed by atoms with van der Waals surface area (Å²) in [5.41, 5.74) is 0. The molecule has 0 spiro atoms. The van der Waals surface area contributed by atoms with Gasteiger partial charge in [-0.25, -0.2) is 9.13 Å². The number of carbonyl (C=O) groups is 4. The maximum atomic E-state index is 13.1. The van der Waals surface area contributed by atoms with Crippen LogP contribution in [0.25, 0.3) is 0 Å². The van der Waals surface area contributed by atoms with Gasteiger partial charge in [0.2, 0.25) is 0 Å². The minimum absolute atomic E-state index is 0.105. The first-order valence-electron chi connectivity index (χ1n) is 40.6. The molecule has 17 nitrogen and oxygen atoms in total. The fraction of sp³-hybridized carbons (Fsp3) is 0.949. The molecule has 0 aliphatic rings. The molecule has 0 aliphatic heterocycles. The third-order valence-electron chi connectivity index (χ3n) is 18.3. The largest absolute Gasteiger partial charge is 0.472 e. The van der Waals surface area contributed by atoms with Crippen molar-refractivity contribution in [3.05, 3.63) is 0 Å². The van der Waals surface area contributed by atoms with Crippen LogP contribution in [0.15, 0.2) is 0 Å². The van der Waals surface area contributed by atoms with Crippen LogP contribution in [-0.4, -0.2) is 96.7 Å². The van der Waals surface area contributed by atoms with Crippen LogP contribution >= 0.6 is 15.6 Å². The number of aliphatic hydroxyl groups excluding tert-OH is 1. The van der Waals surface area contributed by atoms with Crippen molar-refractivity contribution in [1.82, 2.24) is 0 Å². The van der Waals surface area contributed by atoms with Crippen LogP contribution in [0.4, 0.5) is 0 Å². The Balaban J connectivity index is 5.11. The number of aliphatic hydroxyl groups is 1. The highest BCUT2D eigenvalue weighted by Gasteiger charge is 2.30. The molecule has 0 radical (unpaired) electrons. The Morgan fingerprint density at radius 1 is 0.278 bits per heavy atom. The van der Waals surface area contributed by atoms with Gasteiger partial charge in [-0.1, -0.05) is 362 Å². The lowest BCUT2D eigenvalue weighted by molar-refractivity contribution is -0.161. The molecule has 0 aromatic carbocycles. The molecular weight excluding hydrogens is 1270 g/mol. The lowest BCUT2D eigenvalue weighted by Gasteiger charge is -2.21. The average molecular weight is 1420 g/mol. The van der Waals surface area contributed by atoms with Gasteiger partial charge >= 0.3 is 39.5 Å². The van der Waals surface area contributed by atoms with E-state index < -0.39 is 97.5 Å². The van der Waals surface area contributed by atoms with Crippen molar-refractivity contribution < 1.29 is 80.2 Å². The van der Waals surface area contributed by atoms with E-state index in [0.29, 0.717) is 25.7 Å². The van der Waals surface area contributed by atoms with Crippen molar-refractivity contribution in [1.29, 1.82) is 0 Å². The van der Waals surface area contributed by atoms with E-state index in [9.17, 15) is 43.2 Å². The molecule has 19 heteroatoms. The quantitative estimate of drug-likeness (QED) is 0.0222. The Morgan fingerprint density at radius 3 is 0.701 bits per heavy atom. The summed E-state index contributed by atoms with van der Waals surface area (Å²) in [4.78, 5) is 72.6. The molecule has 0 aromatic heterocycles. The first-order valence-corrected chi connectivity index (χ1v) is 43.6. The summed E-state index contributed by atoms with van der Waals surface area (Å²) in [6.07, 6.45) is 61.7. The molecule has 0 aliphatic carbocycles. The van der Waals surface area contributed by atoms with E-state index >= 15 is 0 Å². The molecule has 0 rings (SSSR count). The molecule has 576 valence electrons. The van der Waals surface area contributed by atoms with Gasteiger partial charge in [0.05, 0.1) is 26.4 Å². The molecule has 0 saturated carbocycles. The number of unbranched alkanes of at least 4 members (excludes halogenated alkanes) is 50. The minimum Gasteiger partial charge on any atom is -0.462 e. The number of rotatable bonds is 78. The number of hydrogen-bond acceptors (Lipinski definition) is 15. The van der Waals surface area contributed by atoms with Crippen LogP contribution < -0.4 is 0 Å². The fourth-order valence-corrected chi connectivity index (χ4v) is 13.6. The van der Waals surface area contributed by atoms with Gasteiger partial charge in [-0.3, -0.25) is 37.3 Å². The maximum absolute atomic E-state index is 13.1. The second-order valence-electron chi connectivity index (χ2n) is 28.6. The number of esters is 4. The summed E-state index contributed by atoms with van der Waals surface area (Å²) in [6.45, 7) is 7.18. The highest BCUT2D eigenvalue weighted by Crippen LogP contribution is 2.45. The first-order chi connectivity index (χ1) is 47.0. The van der Waals surface area contributed by atoms with Gasteiger partial charge in [0.1, 0.15) is 19.3 Å². The van der Waals surface area contributed by atoms with Crippen molar-refractivity contribution in [2.75, 3.05) is 39.6 Å². The molecular formula is C78H152O17P2. The van der Waals surface area contributed by atoms with E-state index in [4.69, 9.17) is 37.0 Å². The van der Waals surface area contributed by atoms with E-state index in [2.05, 4.69) is 34.6 Å². The van der Waals surface area contributed by atoms with Crippen LogP contribution in [0, 0.1) is 5.92 Å². The predicted molar refractivity (Wildman–Crippen MR) is 395 cm³/mol. The summed E-state index contributed by atoms with van der Waals surface area (Å²) < 4.78 is 68.3. The molecule has 3 N–H and O–H groups in total. The Hall–Kier alpha value is -1.94. The lowest BCUT2D eigenvalue weighted by Crippen LogP contribution is -2.30. The van der Waals surface area contributed by atoms with Gasteiger partial charge < -0.3 is 33.8 Å². The fourth-order valence-electron chi connectivity index (χ4n) is 12.1. The average Bonchev–Trinajstić information content (AvgIpc) is 1.37.